The van der Waals surface area contributed by atoms with Gasteiger partial charge in [0.2, 0.25) is 112 Å². The fourth-order valence-corrected chi connectivity index (χ4v) is 13.6. The summed E-state index contributed by atoms with van der Waals surface area (Å²) in [4.78, 5) is 258. The highest BCUT2D eigenvalue weighted by molar-refractivity contribution is 6.02. The molecule has 0 spiro atoms. The number of nitrogens with two attached hydrogens (primary N) is 8. The molecule has 1 saturated carbocycles. The molecule has 49 heteroatoms. The zero-order valence-corrected chi connectivity index (χ0v) is 75.2. The number of primary amides is 3. The van der Waals surface area contributed by atoms with Crippen molar-refractivity contribution in [2.75, 3.05) is 52.4 Å². The Balaban J connectivity index is 1.83. The molecule has 0 radical (unpaired) electrons. The molecule has 0 heterocycles. The van der Waals surface area contributed by atoms with Crippen LogP contribution in [0.1, 0.15) is 168 Å². The van der Waals surface area contributed by atoms with Crippen LogP contribution in [0.5, 0.6) is 0 Å². The first-order valence-electron chi connectivity index (χ1n) is 43.7. The zero-order valence-electron chi connectivity index (χ0n) is 75.2. The predicted octanol–water partition coefficient (Wildman–Crippen LogP) is -10.3. The number of carbonyl (C=O) groups excluding carboxylic acids is 19. The number of aliphatic hydroxyl groups is 2. The predicted molar refractivity (Wildman–Crippen MR) is 480 cm³/mol. The van der Waals surface area contributed by atoms with E-state index in [1.807, 2.05) is 0 Å². The second kappa shape index (κ2) is 59.8. The lowest BCUT2D eigenvalue weighted by atomic mass is 9.80. The summed E-state index contributed by atoms with van der Waals surface area (Å²) in [6.45, 7) is 4.12. The van der Waals surface area contributed by atoms with Crippen LogP contribution in [-0.2, 0) is 104 Å². The molecule has 1 aliphatic rings. The quantitative estimate of drug-likeness (QED) is 0.0166. The minimum absolute atomic E-state index is 0.00228. The maximum atomic E-state index is 14.9. The largest absolute Gasteiger partial charge is 0.394 e. The van der Waals surface area contributed by atoms with Crippen LogP contribution in [0.25, 0.3) is 0 Å². The van der Waals surface area contributed by atoms with E-state index in [9.17, 15) is 101 Å². The van der Waals surface area contributed by atoms with E-state index in [1.165, 1.54) is 20.8 Å². The van der Waals surface area contributed by atoms with E-state index >= 15 is 0 Å². The van der Waals surface area contributed by atoms with Gasteiger partial charge in [0.15, 0.2) is 11.9 Å². The van der Waals surface area contributed by atoms with Crippen LogP contribution in [0.4, 0.5) is 0 Å². The molecule has 1 aliphatic carbocycles. The van der Waals surface area contributed by atoms with E-state index in [2.05, 4.69) is 95.7 Å². The summed E-state index contributed by atoms with van der Waals surface area (Å²) in [5.74, 6) is -19.4. The minimum atomic E-state index is -1.85. The summed E-state index contributed by atoms with van der Waals surface area (Å²) in [7, 11) is 0. The molecule has 0 aromatic heterocycles. The van der Waals surface area contributed by atoms with Crippen LogP contribution < -0.4 is 142 Å². The molecule has 0 aliphatic heterocycles. The number of hydrogen-bond donors (Lipinski definition) is 30. The standard InChI is InChI=1S/C83H136N28O21/c1-45(2)37-57(75(127)99-47(4)69(121)106-59(40-62(88)115)76(128)102-52(67(89)119)29-30-61(87)114)107-72(124)53(25-13-17-33-84)104-71(123)55(27-19-35-94-81(90)91)103-68(120)46(3)100-78(130)60(44-112)108-73(125)54(26-14-18-34-85)105-74(126)56(28-20-36-95-82(92)93)109-80(132)83(31-15-8-16-32-83)111-65(118)43-98-79(131)66(48(5)113)110-77(129)58(39-50-23-11-7-12-24-50)101-64(117)42-96-63(116)41-97-70(122)51(86)38-49-21-9-6-10-22-49/h6-7,9-12,21-24,45-48,51-60,66,112-113H,8,13-20,25-44,84-86H2,1-5H3,(H2,87,114)(H2,88,115)(H2,89,119)(H,96,116)(H,97,122)(H,98,131)(H,99,127)(H,100,130)(H,101,117)(H,102,128)(H,103,120)(H,104,123)(H,105,126)(H,106,121)(H,107,124)(H,108,125)(H,109,132)(H,110,129)(H,111,118)(H4,90,91,94)(H4,92,93,95)/t46-,47-,48+,51-,52-,53-,54-,55-,56-,57-,58-,59-,60-,66-/m0/s1. The van der Waals surface area contributed by atoms with Gasteiger partial charge in [-0.25, -0.2) is 0 Å². The second-order valence-corrected chi connectivity index (χ2v) is 32.6. The molecule has 0 unspecified atom stereocenters. The van der Waals surface area contributed by atoms with E-state index in [-0.39, 0.29) is 128 Å². The van der Waals surface area contributed by atoms with Crippen molar-refractivity contribution in [1.82, 2.24) is 95.7 Å². The van der Waals surface area contributed by atoms with Gasteiger partial charge >= 0.3 is 0 Å². The average molecular weight is 1860 g/mol. The summed E-state index contributed by atoms with van der Waals surface area (Å²) >= 11 is 0. The lowest BCUT2D eigenvalue weighted by Crippen LogP contribution is -2.64. The smallest absolute Gasteiger partial charge is 0.246 e. The molecule has 132 heavy (non-hydrogen) atoms. The van der Waals surface area contributed by atoms with Gasteiger partial charge in [-0.15, -0.1) is 0 Å². The first-order chi connectivity index (χ1) is 62.4. The summed E-state index contributed by atoms with van der Waals surface area (Å²) < 4.78 is 0. The van der Waals surface area contributed by atoms with Crippen molar-refractivity contribution >= 4 is 124 Å². The summed E-state index contributed by atoms with van der Waals surface area (Å²) in [6.07, 6.45) is -1.23. The molecule has 49 nitrogen and oxygen atoms in total. The molecule has 1 fully saturated rings. The fraction of sp³-hybridized carbons (Fsp3) is 0.602. The van der Waals surface area contributed by atoms with Gasteiger partial charge in [0, 0.05) is 25.9 Å². The molecule has 3 rings (SSSR count). The number of carbonyl (C=O) groups is 19. The number of nitrogens with one attached hydrogen (secondary N) is 20. The van der Waals surface area contributed by atoms with Crippen LogP contribution in [-0.4, -0.2) is 277 Å². The monoisotopic (exact) mass is 1860 g/mol. The normalized spacial score (nSPS) is 15.2. The van der Waals surface area contributed by atoms with E-state index in [1.54, 1.807) is 74.5 Å². The highest BCUT2D eigenvalue weighted by Gasteiger charge is 2.44. The van der Waals surface area contributed by atoms with E-state index in [0.29, 0.717) is 37.7 Å². The molecular weight excluding hydrogens is 1730 g/mol. The lowest BCUT2D eigenvalue weighted by molar-refractivity contribution is -0.139. The molecule has 2 aromatic carbocycles. The minimum Gasteiger partial charge on any atom is -0.394 e. The van der Waals surface area contributed by atoms with Gasteiger partial charge in [0.05, 0.1) is 44.8 Å². The van der Waals surface area contributed by atoms with E-state index in [0.717, 1.165) is 5.56 Å². The van der Waals surface area contributed by atoms with Gasteiger partial charge in [-0.05, 0) is 147 Å². The molecule has 2 aromatic rings. The second-order valence-electron chi connectivity index (χ2n) is 32.6. The van der Waals surface area contributed by atoms with Gasteiger partial charge in [-0.3, -0.25) is 102 Å². The van der Waals surface area contributed by atoms with E-state index in [4.69, 9.17) is 56.7 Å². The Morgan fingerprint density at radius 1 is 0.394 bits per heavy atom. The molecule has 14 atom stereocenters. The summed E-state index contributed by atoms with van der Waals surface area (Å²) in [5, 5.41) is 81.6. The number of amides is 19. The maximum absolute atomic E-state index is 14.9. The highest BCUT2D eigenvalue weighted by atomic mass is 16.3. The van der Waals surface area contributed by atoms with Crippen molar-refractivity contribution in [3.8, 4) is 0 Å². The van der Waals surface area contributed by atoms with Crippen LogP contribution in [0.15, 0.2) is 60.7 Å². The Morgan fingerprint density at radius 3 is 1.27 bits per heavy atom. The van der Waals surface area contributed by atoms with Gasteiger partial charge in [0.1, 0.15) is 78.0 Å². The summed E-state index contributed by atoms with van der Waals surface area (Å²) in [5.41, 5.74) is 44.2. The first kappa shape index (κ1) is 113. The Bertz CT molecular complexity index is 4220. The average Bonchev–Trinajstić information content (AvgIpc) is 0.806. The van der Waals surface area contributed by atoms with Gasteiger partial charge in [-0.2, -0.15) is 0 Å². The van der Waals surface area contributed by atoms with Crippen molar-refractivity contribution in [1.29, 1.82) is 10.8 Å². The molecular formula is C83H136N28O21. The van der Waals surface area contributed by atoms with Crippen molar-refractivity contribution in [3.63, 3.8) is 0 Å². The number of benzene rings is 2. The molecule has 0 saturated heterocycles. The van der Waals surface area contributed by atoms with Crippen molar-refractivity contribution in [2.24, 2.45) is 51.8 Å². The number of rotatable bonds is 62. The highest BCUT2D eigenvalue weighted by Crippen LogP contribution is 2.29. The van der Waals surface area contributed by atoms with Crippen LogP contribution in [0.2, 0.25) is 0 Å². The molecule has 734 valence electrons. The van der Waals surface area contributed by atoms with Crippen molar-refractivity contribution in [3.05, 3.63) is 71.8 Å². The number of aliphatic hydroxyl groups excluding tert-OH is 2. The number of unbranched alkanes of at least 4 members (excludes halogenated alkanes) is 2. The Labute approximate surface area is 764 Å². The molecule has 38 N–H and O–H groups in total. The van der Waals surface area contributed by atoms with Gasteiger partial charge < -0.3 is 152 Å². The summed E-state index contributed by atoms with van der Waals surface area (Å²) in [6, 6.07) is -2.40. The van der Waals surface area contributed by atoms with Crippen molar-refractivity contribution < 1.29 is 101 Å². The SMILES string of the molecule is CC(C)C[C@H](NC(=O)[C@H](CCCCN)NC(=O)[C@H](CCCNC(=N)N)NC(=O)[C@H](C)NC(=O)[C@H](CO)NC(=O)[C@H](CCCCN)NC(=O)[C@H](CCCNC(=N)N)NC(=O)C1(NC(=O)CNC(=O)[C@@H](NC(=O)[C@H](Cc2ccccc2)NC(=O)CNC(=O)CNC(=O)[C@@H](N)Cc2ccccc2)[C@@H](C)O)CCCCC1)C(=O)N[C@@H](C)C(=O)N[C@@H](CC(N)=O)C(=O)N[C@@H](CCC(N)=O)C(N)=O. The third-order valence-corrected chi connectivity index (χ3v) is 20.9. The van der Waals surface area contributed by atoms with E-state index < -0.39 is 247 Å². The zero-order chi connectivity index (χ0) is 98.7. The third kappa shape index (κ3) is 43.4. The third-order valence-electron chi connectivity index (χ3n) is 20.9. The van der Waals surface area contributed by atoms with Crippen LogP contribution >= 0.6 is 0 Å². The fourth-order valence-electron chi connectivity index (χ4n) is 13.6. The molecule has 0 bridgehead atoms. The Morgan fingerprint density at radius 2 is 0.803 bits per heavy atom. The maximum Gasteiger partial charge on any atom is 0.246 e. The topological polar surface area (TPSA) is 837 Å². The van der Waals surface area contributed by atoms with Gasteiger partial charge in [-0.1, -0.05) is 93.8 Å². The Kier molecular flexibility index (Phi) is 51.2. The van der Waals surface area contributed by atoms with Crippen molar-refractivity contribution in [2.45, 2.75) is 260 Å². The van der Waals surface area contributed by atoms with Gasteiger partial charge in [0.25, 0.3) is 0 Å². The Hall–Kier alpha value is -13.3. The number of hydrogen-bond acceptors (Lipinski definition) is 26. The molecule has 19 amide bonds. The van der Waals surface area contributed by atoms with Crippen LogP contribution in [0.3, 0.4) is 0 Å². The van der Waals surface area contributed by atoms with Crippen LogP contribution in [0, 0.1) is 16.7 Å². The first-order valence-corrected chi connectivity index (χ1v) is 43.7. The number of guanidine groups is 2. The lowest BCUT2D eigenvalue weighted by Gasteiger charge is -2.38.